The zero-order valence-corrected chi connectivity index (χ0v) is 25.1. The molecule has 42 heavy (non-hydrogen) atoms. The van der Waals surface area contributed by atoms with Crippen molar-refractivity contribution in [3.05, 3.63) is 99.6 Å². The van der Waals surface area contributed by atoms with Crippen LogP contribution in [0.25, 0.3) is 5.76 Å². The molecule has 1 saturated heterocycles. The van der Waals surface area contributed by atoms with Gasteiger partial charge in [0.25, 0.3) is 5.78 Å². The summed E-state index contributed by atoms with van der Waals surface area (Å²) < 4.78 is 12.1. The summed E-state index contributed by atoms with van der Waals surface area (Å²) in [7, 11) is 0. The van der Waals surface area contributed by atoms with E-state index in [1.807, 2.05) is 44.2 Å². The minimum absolute atomic E-state index is 0.0201. The first-order valence-electron chi connectivity index (χ1n) is 13.4. The summed E-state index contributed by atoms with van der Waals surface area (Å²) in [5.41, 5.74) is 2.88. The van der Waals surface area contributed by atoms with Crippen LogP contribution in [0.1, 0.15) is 42.1 Å². The number of aromatic nitrogens is 2. The number of halogens is 1. The van der Waals surface area contributed by atoms with Crippen LogP contribution in [0.15, 0.2) is 76.6 Å². The minimum atomic E-state index is -0.941. The number of aliphatic hydroxyl groups excluding tert-OH is 1. The molecule has 2 aliphatic rings. The molecule has 6 rings (SSSR count). The fourth-order valence-electron chi connectivity index (χ4n) is 5.12. The number of carbonyl (C=O) groups excluding carboxylic acids is 2. The van der Waals surface area contributed by atoms with E-state index in [-0.39, 0.29) is 22.6 Å². The molecule has 3 aromatic carbocycles. The molecule has 1 amide bonds. The second-order valence-electron chi connectivity index (χ2n) is 9.86. The molecular weight excluding hydrogens is 594 g/mol. The van der Waals surface area contributed by atoms with E-state index in [1.165, 1.54) is 28.0 Å². The van der Waals surface area contributed by atoms with Crippen molar-refractivity contribution in [1.82, 2.24) is 10.2 Å². The lowest BCUT2D eigenvalue weighted by atomic mass is 9.94. The zero-order chi connectivity index (χ0) is 29.4. The Balaban J connectivity index is 1.40. The van der Waals surface area contributed by atoms with Crippen LogP contribution >= 0.6 is 34.7 Å². The predicted molar refractivity (Wildman–Crippen MR) is 164 cm³/mol. The van der Waals surface area contributed by atoms with Gasteiger partial charge in [0.15, 0.2) is 4.34 Å². The maximum Gasteiger partial charge on any atom is 0.301 e. The van der Waals surface area contributed by atoms with Crippen LogP contribution < -0.4 is 14.4 Å². The van der Waals surface area contributed by atoms with Crippen LogP contribution in [0, 0.1) is 0 Å². The molecule has 0 bridgehead atoms. The Morgan fingerprint density at radius 2 is 1.98 bits per heavy atom. The molecule has 1 N–H and O–H groups in total. The van der Waals surface area contributed by atoms with E-state index < -0.39 is 17.7 Å². The number of rotatable bonds is 8. The second-order valence-corrected chi connectivity index (χ2v) is 12.4. The van der Waals surface area contributed by atoms with Crippen LogP contribution in [-0.4, -0.2) is 39.7 Å². The Kier molecular flexibility index (Phi) is 7.94. The number of ether oxygens (including phenoxy) is 2. The molecule has 3 heterocycles. The Hall–Kier alpha value is -3.86. The molecule has 0 radical (unpaired) electrons. The fraction of sp³-hybridized carbons (Fsp3) is 0.226. The number of hydrogen-bond donors (Lipinski definition) is 1. The van der Waals surface area contributed by atoms with Crippen molar-refractivity contribution in [3.8, 4) is 11.5 Å². The number of anilines is 1. The average Bonchev–Trinajstić information content (AvgIpc) is 3.67. The largest absolute Gasteiger partial charge is 0.507 e. The maximum atomic E-state index is 13.6. The molecule has 8 nitrogen and oxygen atoms in total. The maximum absolute atomic E-state index is 13.6. The zero-order valence-electron chi connectivity index (χ0n) is 22.7. The normalized spacial score (nSPS) is 19.2. The number of aliphatic hydroxyl groups is 1. The van der Waals surface area contributed by atoms with Gasteiger partial charge in [-0.3, -0.25) is 14.5 Å². The van der Waals surface area contributed by atoms with E-state index in [9.17, 15) is 14.7 Å². The van der Waals surface area contributed by atoms with E-state index >= 15 is 0 Å². The molecule has 0 unspecified atom stereocenters. The van der Waals surface area contributed by atoms with E-state index in [2.05, 4.69) is 10.2 Å². The standard InChI is InChI=1S/C31H26ClN3O5S2/c1-3-39-22-9-6-8-18(15-22)26-25(27(36)19-11-12-24-21(14-19)13-17(2)40-24)28(37)29(38)35(26)30-33-34-31(42-30)41-16-20-7-4-5-10-23(20)32/h4-12,14-15,17,26,36H,3,13,16H2,1-2H3/t17-,26-/m1/s1. The van der Waals surface area contributed by atoms with Gasteiger partial charge in [-0.05, 0) is 66.9 Å². The molecule has 1 aromatic heterocycles. The summed E-state index contributed by atoms with van der Waals surface area (Å²) in [5.74, 6) is 0.0369. The summed E-state index contributed by atoms with van der Waals surface area (Å²) >= 11 is 8.94. The van der Waals surface area contributed by atoms with Crippen LogP contribution in [-0.2, 0) is 21.8 Å². The van der Waals surface area contributed by atoms with E-state index in [0.29, 0.717) is 45.0 Å². The molecule has 4 aromatic rings. The Bertz CT molecular complexity index is 1720. The van der Waals surface area contributed by atoms with Gasteiger partial charge in [0.2, 0.25) is 5.13 Å². The molecular formula is C31H26ClN3O5S2. The Morgan fingerprint density at radius 1 is 1.14 bits per heavy atom. The van der Waals surface area contributed by atoms with E-state index in [4.69, 9.17) is 21.1 Å². The highest BCUT2D eigenvalue weighted by Crippen LogP contribution is 2.45. The molecule has 214 valence electrons. The van der Waals surface area contributed by atoms with Crippen molar-refractivity contribution in [2.24, 2.45) is 0 Å². The van der Waals surface area contributed by atoms with Gasteiger partial charge >= 0.3 is 5.91 Å². The Morgan fingerprint density at radius 3 is 2.79 bits per heavy atom. The fourth-order valence-corrected chi connectivity index (χ4v) is 7.28. The number of fused-ring (bicyclic) bond motifs is 1. The molecule has 11 heteroatoms. The summed E-state index contributed by atoms with van der Waals surface area (Å²) in [6.07, 6.45) is 0.705. The third-order valence-corrected chi connectivity index (χ3v) is 9.48. The lowest BCUT2D eigenvalue weighted by molar-refractivity contribution is -0.132. The second kappa shape index (κ2) is 11.8. The van der Waals surface area contributed by atoms with E-state index in [0.717, 1.165) is 16.9 Å². The number of nitrogens with zero attached hydrogens (tertiary/aromatic N) is 3. The van der Waals surface area contributed by atoms with Crippen LogP contribution in [0.5, 0.6) is 11.5 Å². The van der Waals surface area contributed by atoms with Crippen LogP contribution in [0.3, 0.4) is 0 Å². The summed E-state index contributed by atoms with van der Waals surface area (Å²) in [6, 6.07) is 19.1. The van der Waals surface area contributed by atoms with Crippen molar-refractivity contribution < 1.29 is 24.2 Å². The Labute approximate surface area is 255 Å². The highest BCUT2D eigenvalue weighted by atomic mass is 35.5. The van der Waals surface area contributed by atoms with Crippen LogP contribution in [0.2, 0.25) is 5.02 Å². The SMILES string of the molecule is CCOc1cccc([C@@H]2C(=C(O)c3ccc4c(c3)C[C@@H](C)O4)C(=O)C(=O)N2c2nnc(SCc3ccccc3Cl)s2)c1. The quantitative estimate of drug-likeness (QED) is 0.0753. The number of carbonyl (C=O) groups is 2. The van der Waals surface area contributed by atoms with Crippen molar-refractivity contribution in [3.63, 3.8) is 0 Å². The van der Waals surface area contributed by atoms with Gasteiger partial charge in [0, 0.05) is 22.8 Å². The van der Waals surface area contributed by atoms with Crippen molar-refractivity contribution in [1.29, 1.82) is 0 Å². The number of amides is 1. The van der Waals surface area contributed by atoms with Gasteiger partial charge in [-0.2, -0.15) is 0 Å². The number of thioether (sulfide) groups is 1. The molecule has 1 fully saturated rings. The number of Topliss-reactive ketones (excluding diaryl/α,β-unsaturated/α-hetero) is 1. The van der Waals surface area contributed by atoms with Crippen LogP contribution in [0.4, 0.5) is 5.13 Å². The smallest absolute Gasteiger partial charge is 0.301 e. The molecule has 0 spiro atoms. The van der Waals surface area contributed by atoms with Gasteiger partial charge in [0.1, 0.15) is 23.4 Å². The third-order valence-electron chi connectivity index (χ3n) is 7.01. The highest BCUT2D eigenvalue weighted by molar-refractivity contribution is 8.00. The first-order valence-corrected chi connectivity index (χ1v) is 15.6. The first kappa shape index (κ1) is 28.3. The average molecular weight is 620 g/mol. The lowest BCUT2D eigenvalue weighted by Crippen LogP contribution is -2.29. The molecule has 2 atom stereocenters. The van der Waals surface area contributed by atoms with Crippen molar-refractivity contribution >= 4 is 57.3 Å². The summed E-state index contributed by atoms with van der Waals surface area (Å²) in [4.78, 5) is 28.5. The number of hydrogen-bond acceptors (Lipinski definition) is 9. The van der Waals surface area contributed by atoms with Crippen molar-refractivity contribution in [2.75, 3.05) is 11.5 Å². The predicted octanol–water partition coefficient (Wildman–Crippen LogP) is 6.83. The monoisotopic (exact) mass is 619 g/mol. The summed E-state index contributed by atoms with van der Waals surface area (Å²) in [6.45, 7) is 4.29. The third kappa shape index (κ3) is 5.37. The van der Waals surface area contributed by atoms with Gasteiger partial charge in [-0.1, -0.05) is 65.0 Å². The molecule has 0 aliphatic carbocycles. The van der Waals surface area contributed by atoms with Gasteiger partial charge in [-0.15, -0.1) is 10.2 Å². The minimum Gasteiger partial charge on any atom is -0.507 e. The summed E-state index contributed by atoms with van der Waals surface area (Å²) in [5, 5.41) is 21.1. The van der Waals surface area contributed by atoms with Gasteiger partial charge < -0.3 is 14.6 Å². The van der Waals surface area contributed by atoms with Gasteiger partial charge in [0.05, 0.1) is 18.2 Å². The van der Waals surface area contributed by atoms with E-state index in [1.54, 1.807) is 36.4 Å². The number of benzene rings is 3. The number of ketones is 1. The topological polar surface area (TPSA) is 102 Å². The molecule has 2 aliphatic heterocycles. The molecule has 0 saturated carbocycles. The van der Waals surface area contributed by atoms with Crippen molar-refractivity contribution in [2.45, 2.75) is 42.5 Å². The van der Waals surface area contributed by atoms with Gasteiger partial charge in [-0.25, -0.2) is 0 Å². The highest BCUT2D eigenvalue weighted by Gasteiger charge is 2.48. The lowest BCUT2D eigenvalue weighted by Gasteiger charge is -2.23. The first-order chi connectivity index (χ1) is 20.3.